The molecule has 0 radical (unpaired) electrons. The number of anilines is 2. The van der Waals surface area contributed by atoms with Crippen LogP contribution in [0.1, 0.15) is 16.1 Å². The van der Waals surface area contributed by atoms with Gasteiger partial charge in [-0.15, -0.1) is 0 Å². The third kappa shape index (κ3) is 2.89. The number of aromatic nitrogens is 1. The van der Waals surface area contributed by atoms with Crippen molar-refractivity contribution < 1.29 is 4.79 Å². The summed E-state index contributed by atoms with van der Waals surface area (Å²) in [5, 5.41) is 0. The van der Waals surface area contributed by atoms with Gasteiger partial charge in [-0.25, -0.2) is 10.8 Å². The van der Waals surface area contributed by atoms with Gasteiger partial charge in [0, 0.05) is 12.7 Å². The smallest absolute Gasteiger partial charge is 0.276 e. The monoisotopic (exact) mass is 256 g/mol. The third-order valence-electron chi connectivity index (χ3n) is 2.84. The largest absolute Gasteiger partial charge is 0.310 e. The topological polar surface area (TPSA) is 71.2 Å². The zero-order valence-corrected chi connectivity index (χ0v) is 10.9. The summed E-state index contributed by atoms with van der Waals surface area (Å²) in [6, 6.07) is 12.8. The van der Waals surface area contributed by atoms with Crippen molar-refractivity contribution in [1.29, 1.82) is 0 Å². The molecule has 3 N–H and O–H groups in total. The lowest BCUT2D eigenvalue weighted by Gasteiger charge is -2.17. The molecule has 1 heterocycles. The Morgan fingerprint density at radius 2 is 1.89 bits per heavy atom. The Morgan fingerprint density at radius 1 is 1.21 bits per heavy atom. The molecule has 0 saturated heterocycles. The van der Waals surface area contributed by atoms with Crippen LogP contribution in [0.25, 0.3) is 0 Å². The van der Waals surface area contributed by atoms with Crippen LogP contribution in [0.2, 0.25) is 0 Å². The molecule has 0 aliphatic carbocycles. The molecule has 1 aromatic heterocycles. The molecule has 0 aliphatic rings. The van der Waals surface area contributed by atoms with Crippen LogP contribution in [0.4, 0.5) is 11.5 Å². The number of nitrogens with two attached hydrogens (primary N) is 1. The van der Waals surface area contributed by atoms with E-state index < -0.39 is 0 Å². The maximum atomic E-state index is 12.3. The minimum atomic E-state index is -0.180. The molecule has 1 aromatic carbocycles. The Bertz CT molecular complexity index is 580. The van der Waals surface area contributed by atoms with Crippen LogP contribution >= 0.6 is 0 Å². The molecule has 0 spiro atoms. The highest BCUT2D eigenvalue weighted by Gasteiger charge is 2.14. The summed E-state index contributed by atoms with van der Waals surface area (Å²) in [5.41, 5.74) is 4.75. The van der Waals surface area contributed by atoms with Crippen LogP contribution in [0.15, 0.2) is 42.5 Å². The summed E-state index contributed by atoms with van der Waals surface area (Å²) in [6.07, 6.45) is 0. The molecule has 2 rings (SSSR count). The van der Waals surface area contributed by atoms with E-state index in [9.17, 15) is 4.79 Å². The Balaban J connectivity index is 2.25. The maximum Gasteiger partial charge on any atom is 0.276 e. The van der Waals surface area contributed by atoms with Crippen LogP contribution in [0, 0.1) is 6.92 Å². The number of nitrogens with zero attached hydrogens (tertiary/aromatic N) is 2. The lowest BCUT2D eigenvalue weighted by atomic mass is 10.2. The Labute approximate surface area is 112 Å². The van der Waals surface area contributed by atoms with E-state index >= 15 is 0 Å². The van der Waals surface area contributed by atoms with Crippen molar-refractivity contribution in [3.63, 3.8) is 0 Å². The fourth-order valence-electron chi connectivity index (χ4n) is 1.69. The Kier molecular flexibility index (Phi) is 3.77. The molecule has 98 valence electrons. The minimum absolute atomic E-state index is 0.180. The number of hydrogen-bond donors (Lipinski definition) is 2. The highest BCUT2D eigenvalue weighted by Crippen LogP contribution is 2.16. The number of amides is 1. The van der Waals surface area contributed by atoms with Crippen LogP contribution in [-0.4, -0.2) is 17.9 Å². The number of hydrogen-bond acceptors (Lipinski definition) is 4. The number of benzene rings is 1. The van der Waals surface area contributed by atoms with Gasteiger partial charge in [0.1, 0.15) is 11.5 Å². The van der Waals surface area contributed by atoms with Crippen molar-refractivity contribution in [1.82, 2.24) is 4.98 Å². The van der Waals surface area contributed by atoms with Crippen molar-refractivity contribution in [3.8, 4) is 0 Å². The van der Waals surface area contributed by atoms with Gasteiger partial charge in [0.25, 0.3) is 5.91 Å². The van der Waals surface area contributed by atoms with Crippen LogP contribution in [0.5, 0.6) is 0 Å². The van der Waals surface area contributed by atoms with E-state index in [1.54, 1.807) is 30.1 Å². The highest BCUT2D eigenvalue weighted by molar-refractivity contribution is 6.04. The number of pyridine rings is 1. The van der Waals surface area contributed by atoms with Crippen molar-refractivity contribution in [2.45, 2.75) is 6.92 Å². The molecule has 0 fully saturated rings. The zero-order valence-electron chi connectivity index (χ0n) is 10.9. The third-order valence-corrected chi connectivity index (χ3v) is 2.84. The SMILES string of the molecule is Cc1ccc(N(C)C(=O)c2cccc(NN)n2)cc1. The zero-order chi connectivity index (χ0) is 13.8. The Hall–Kier alpha value is -2.40. The summed E-state index contributed by atoms with van der Waals surface area (Å²) in [7, 11) is 1.72. The summed E-state index contributed by atoms with van der Waals surface area (Å²) in [4.78, 5) is 18.0. The normalized spacial score (nSPS) is 10.1. The van der Waals surface area contributed by atoms with Crippen LogP contribution in [0.3, 0.4) is 0 Å². The molecular formula is C14H16N4O. The molecule has 19 heavy (non-hydrogen) atoms. The first-order chi connectivity index (χ1) is 9.11. The number of aryl methyl sites for hydroxylation is 1. The first kappa shape index (κ1) is 13.0. The van der Waals surface area contributed by atoms with Gasteiger partial charge in [-0.2, -0.15) is 0 Å². The minimum Gasteiger partial charge on any atom is -0.310 e. The number of hydrazine groups is 1. The molecule has 5 heteroatoms. The number of nitrogen functional groups attached to an aromatic ring is 1. The molecular weight excluding hydrogens is 240 g/mol. The molecule has 0 unspecified atom stereocenters. The molecule has 5 nitrogen and oxygen atoms in total. The van der Waals surface area contributed by atoms with Gasteiger partial charge in [0.15, 0.2) is 0 Å². The van der Waals surface area contributed by atoms with Crippen molar-refractivity contribution in [2.24, 2.45) is 5.84 Å². The second-order valence-electron chi connectivity index (χ2n) is 4.25. The quantitative estimate of drug-likeness (QED) is 0.650. The van der Waals surface area contributed by atoms with Crippen molar-refractivity contribution >= 4 is 17.4 Å². The van der Waals surface area contributed by atoms with Crippen molar-refractivity contribution in [2.75, 3.05) is 17.4 Å². The van der Waals surface area contributed by atoms with Crippen molar-refractivity contribution in [3.05, 3.63) is 53.7 Å². The number of carbonyl (C=O) groups is 1. The molecule has 2 aromatic rings. The molecule has 0 atom stereocenters. The summed E-state index contributed by atoms with van der Waals surface area (Å²) < 4.78 is 0. The van der Waals surface area contributed by atoms with Gasteiger partial charge >= 0.3 is 0 Å². The van der Waals surface area contributed by atoms with Gasteiger partial charge in [0.2, 0.25) is 0 Å². The second-order valence-corrected chi connectivity index (χ2v) is 4.25. The van der Waals surface area contributed by atoms with Crippen LogP contribution < -0.4 is 16.2 Å². The van der Waals surface area contributed by atoms with Gasteiger partial charge in [0.05, 0.1) is 0 Å². The average Bonchev–Trinajstić information content (AvgIpc) is 2.46. The molecule has 0 bridgehead atoms. The molecule has 0 saturated carbocycles. The van der Waals surface area contributed by atoms with Crippen LogP contribution in [-0.2, 0) is 0 Å². The molecule has 0 aliphatic heterocycles. The summed E-state index contributed by atoms with van der Waals surface area (Å²) in [5.74, 6) is 5.57. The predicted octanol–water partition coefficient (Wildman–Crippen LogP) is 1.95. The average molecular weight is 256 g/mol. The van der Waals surface area contributed by atoms with Gasteiger partial charge in [-0.05, 0) is 31.2 Å². The van der Waals surface area contributed by atoms with E-state index in [0.717, 1.165) is 11.3 Å². The maximum absolute atomic E-state index is 12.3. The molecule has 1 amide bonds. The van der Waals surface area contributed by atoms with Gasteiger partial charge in [-0.1, -0.05) is 23.8 Å². The summed E-state index contributed by atoms with van der Waals surface area (Å²) in [6.45, 7) is 2.00. The van der Waals surface area contributed by atoms with Gasteiger partial charge < -0.3 is 10.3 Å². The first-order valence-electron chi connectivity index (χ1n) is 5.90. The number of carbonyl (C=O) groups excluding carboxylic acids is 1. The second kappa shape index (κ2) is 5.49. The van der Waals surface area contributed by atoms with E-state index in [0.29, 0.717) is 11.5 Å². The van der Waals surface area contributed by atoms with E-state index in [2.05, 4.69) is 10.4 Å². The number of nitrogens with one attached hydrogen (secondary N) is 1. The lowest BCUT2D eigenvalue weighted by molar-refractivity contribution is 0.0988. The lowest BCUT2D eigenvalue weighted by Crippen LogP contribution is -2.27. The first-order valence-corrected chi connectivity index (χ1v) is 5.90. The van der Waals surface area contributed by atoms with E-state index in [1.807, 2.05) is 31.2 Å². The number of rotatable bonds is 3. The fourth-order valence-corrected chi connectivity index (χ4v) is 1.69. The van der Waals surface area contributed by atoms with E-state index in [-0.39, 0.29) is 5.91 Å². The van der Waals surface area contributed by atoms with Gasteiger partial charge in [-0.3, -0.25) is 4.79 Å². The Morgan fingerprint density at radius 3 is 2.53 bits per heavy atom. The van der Waals surface area contributed by atoms with E-state index in [1.165, 1.54) is 0 Å². The summed E-state index contributed by atoms with van der Waals surface area (Å²) >= 11 is 0. The fraction of sp³-hybridized carbons (Fsp3) is 0.143. The highest BCUT2D eigenvalue weighted by atomic mass is 16.2. The predicted molar refractivity (Wildman–Crippen MR) is 76.0 cm³/mol. The standard InChI is InChI=1S/C14H16N4O/c1-10-6-8-11(9-7-10)18(2)14(19)12-4-3-5-13(16-12)17-15/h3-9H,15H2,1-2H3,(H,16,17). The van der Waals surface area contributed by atoms with E-state index in [4.69, 9.17) is 5.84 Å².